The van der Waals surface area contributed by atoms with Gasteiger partial charge in [-0.25, -0.2) is 9.37 Å². The fraction of sp³-hybridized carbons (Fsp3) is 0.444. The minimum absolute atomic E-state index is 0.239. The summed E-state index contributed by atoms with van der Waals surface area (Å²) in [5.74, 6) is -0.805. The lowest BCUT2D eigenvalue weighted by Crippen LogP contribution is -2.39. The lowest BCUT2D eigenvalue weighted by atomic mass is 10.1. The Morgan fingerprint density at radius 2 is 1.70 bits per heavy atom. The number of aryl methyl sites for hydroxylation is 2. The van der Waals surface area contributed by atoms with Crippen molar-refractivity contribution in [1.29, 1.82) is 0 Å². The molecule has 0 bridgehead atoms. The average molecular weight is 509 g/mol. The second-order valence-electron chi connectivity index (χ2n) is 9.04. The number of nitrogens with one attached hydrogen (secondary N) is 3. The summed E-state index contributed by atoms with van der Waals surface area (Å²) >= 11 is 0. The highest BCUT2D eigenvalue weighted by Crippen LogP contribution is 2.31. The first kappa shape index (κ1) is 26.6. The first-order valence-corrected chi connectivity index (χ1v) is 13.1. The van der Waals surface area contributed by atoms with Crippen molar-refractivity contribution in [1.82, 2.24) is 29.8 Å². The minimum Gasteiger partial charge on any atom is -0.371 e. The average Bonchev–Trinajstić information content (AvgIpc) is 3.65. The van der Waals surface area contributed by atoms with E-state index in [0.717, 1.165) is 50.3 Å². The van der Waals surface area contributed by atoms with E-state index in [1.165, 1.54) is 18.9 Å². The van der Waals surface area contributed by atoms with Crippen molar-refractivity contribution in [3.8, 4) is 0 Å². The molecule has 2 fully saturated rings. The molecule has 10 heteroatoms. The number of aromatic nitrogens is 4. The number of nitrogens with zero attached hydrogens (tertiary/aromatic N) is 5. The fourth-order valence-electron chi connectivity index (χ4n) is 4.67. The van der Waals surface area contributed by atoms with E-state index >= 15 is 0 Å². The second kappa shape index (κ2) is 12.2. The summed E-state index contributed by atoms with van der Waals surface area (Å²) in [5, 5.41) is 14.7. The van der Waals surface area contributed by atoms with Crippen LogP contribution >= 0.6 is 0 Å². The third-order valence-electron chi connectivity index (χ3n) is 6.30. The summed E-state index contributed by atoms with van der Waals surface area (Å²) < 4.78 is 17.6. The number of pyridine rings is 1. The third kappa shape index (κ3) is 6.08. The lowest BCUT2D eigenvalue weighted by molar-refractivity contribution is 0.102. The number of piperazine rings is 1. The molecule has 9 nitrogen and oxygen atoms in total. The van der Waals surface area contributed by atoms with E-state index in [-0.39, 0.29) is 11.6 Å². The zero-order chi connectivity index (χ0) is 26.4. The van der Waals surface area contributed by atoms with Gasteiger partial charge in [0.1, 0.15) is 5.52 Å². The first-order valence-electron chi connectivity index (χ1n) is 13.1. The smallest absolute Gasteiger partial charge is 0.257 e. The Morgan fingerprint density at radius 3 is 2.35 bits per heavy atom. The number of imidazole rings is 1. The van der Waals surface area contributed by atoms with Crippen molar-refractivity contribution in [2.75, 3.05) is 49.5 Å². The molecule has 0 aliphatic carbocycles. The standard InChI is InChI=1S/C21H21FN6O.C4H10N2.C2H6/c1-13-10-28-11-14(9-17(22)20(28)23-13)24-21(29)15-5-6-18(27-7-3-4-8-27)16-12-26(2)25-19(15)16;1-2-6-4-3-5-1;1-2/h5-6,9-12H,3-4,7-8H2,1-2H3,(H,24,29);5-6H,1-4H2;1-2H3. The van der Waals surface area contributed by atoms with Crippen LogP contribution in [0.3, 0.4) is 0 Å². The molecular formula is C27H37FN8O. The quantitative estimate of drug-likeness (QED) is 0.391. The summed E-state index contributed by atoms with van der Waals surface area (Å²) in [4.78, 5) is 19.5. The number of benzene rings is 1. The maximum absolute atomic E-state index is 14.3. The largest absolute Gasteiger partial charge is 0.371 e. The number of carbonyl (C=O) groups is 1. The topological polar surface area (TPSA) is 91.5 Å². The molecule has 1 amide bonds. The summed E-state index contributed by atoms with van der Waals surface area (Å²) in [6.07, 6.45) is 7.66. The van der Waals surface area contributed by atoms with Crippen LogP contribution in [0, 0.1) is 12.7 Å². The molecule has 1 aromatic carbocycles. The van der Waals surface area contributed by atoms with Crippen LogP contribution in [0.1, 0.15) is 42.7 Å². The number of rotatable bonds is 3. The van der Waals surface area contributed by atoms with Gasteiger partial charge in [0.25, 0.3) is 5.91 Å². The number of amides is 1. The lowest BCUT2D eigenvalue weighted by Gasteiger charge is -2.19. The molecule has 0 unspecified atom stereocenters. The Kier molecular flexibility index (Phi) is 8.73. The van der Waals surface area contributed by atoms with Gasteiger partial charge < -0.3 is 25.3 Å². The van der Waals surface area contributed by atoms with Gasteiger partial charge in [0, 0.05) is 82.0 Å². The first-order chi connectivity index (χ1) is 18.0. The predicted octanol–water partition coefficient (Wildman–Crippen LogP) is 3.73. The molecule has 6 rings (SSSR count). The van der Waals surface area contributed by atoms with E-state index in [1.807, 2.05) is 33.2 Å². The number of fused-ring (bicyclic) bond motifs is 2. The normalized spacial score (nSPS) is 15.2. The van der Waals surface area contributed by atoms with Crippen LogP contribution in [-0.2, 0) is 7.05 Å². The highest BCUT2D eigenvalue weighted by atomic mass is 19.1. The van der Waals surface area contributed by atoms with Gasteiger partial charge in [-0.15, -0.1) is 0 Å². The zero-order valence-corrected chi connectivity index (χ0v) is 22.1. The van der Waals surface area contributed by atoms with Gasteiger partial charge in [0.05, 0.1) is 16.9 Å². The molecule has 0 spiro atoms. The molecule has 2 aliphatic heterocycles. The van der Waals surface area contributed by atoms with Gasteiger partial charge in [-0.3, -0.25) is 9.48 Å². The Balaban J connectivity index is 0.000000348. The number of hydrogen-bond acceptors (Lipinski definition) is 6. The SMILES string of the molecule is C1CNCCN1.CC.Cc1cn2cc(NC(=O)c3ccc(N4CCCC4)c4cn(C)nc34)cc(F)c2n1. The van der Waals surface area contributed by atoms with Crippen LogP contribution in [0.4, 0.5) is 15.8 Å². The van der Waals surface area contributed by atoms with Crippen molar-refractivity contribution in [2.24, 2.45) is 7.05 Å². The Hall–Kier alpha value is -3.50. The molecule has 3 N–H and O–H groups in total. The van der Waals surface area contributed by atoms with Crippen LogP contribution in [0.25, 0.3) is 16.6 Å². The van der Waals surface area contributed by atoms with E-state index in [4.69, 9.17) is 0 Å². The molecule has 37 heavy (non-hydrogen) atoms. The van der Waals surface area contributed by atoms with Crippen LogP contribution in [0.2, 0.25) is 0 Å². The highest BCUT2D eigenvalue weighted by molar-refractivity contribution is 6.13. The highest BCUT2D eigenvalue weighted by Gasteiger charge is 2.21. The van der Waals surface area contributed by atoms with Crippen LogP contribution in [0.5, 0.6) is 0 Å². The van der Waals surface area contributed by atoms with E-state index in [9.17, 15) is 9.18 Å². The van der Waals surface area contributed by atoms with Gasteiger partial charge in [-0.1, -0.05) is 13.8 Å². The molecule has 2 aliphatic rings. The Bertz CT molecular complexity index is 1340. The molecule has 198 valence electrons. The van der Waals surface area contributed by atoms with Crippen molar-refractivity contribution in [3.63, 3.8) is 0 Å². The monoisotopic (exact) mass is 508 g/mol. The second-order valence-corrected chi connectivity index (χ2v) is 9.04. The summed E-state index contributed by atoms with van der Waals surface area (Å²) in [6.45, 7) is 12.4. The van der Waals surface area contributed by atoms with Crippen molar-refractivity contribution < 1.29 is 9.18 Å². The summed E-state index contributed by atoms with van der Waals surface area (Å²) in [5.41, 5.74) is 3.52. The summed E-state index contributed by atoms with van der Waals surface area (Å²) in [7, 11) is 1.85. The number of hydrogen-bond donors (Lipinski definition) is 3. The van der Waals surface area contributed by atoms with Gasteiger partial charge in [0.2, 0.25) is 0 Å². The van der Waals surface area contributed by atoms with Crippen molar-refractivity contribution >= 4 is 33.8 Å². The molecule has 2 saturated heterocycles. The van der Waals surface area contributed by atoms with Gasteiger partial charge in [-0.2, -0.15) is 5.10 Å². The third-order valence-corrected chi connectivity index (χ3v) is 6.30. The number of anilines is 2. The fourth-order valence-corrected chi connectivity index (χ4v) is 4.67. The maximum Gasteiger partial charge on any atom is 0.257 e. The van der Waals surface area contributed by atoms with E-state index in [2.05, 4.69) is 30.9 Å². The molecule has 4 aromatic rings. The van der Waals surface area contributed by atoms with Crippen LogP contribution in [-0.4, -0.2) is 64.3 Å². The number of carbonyl (C=O) groups excluding carboxylic acids is 1. The minimum atomic E-state index is -0.483. The summed E-state index contributed by atoms with van der Waals surface area (Å²) in [6, 6.07) is 5.07. The predicted molar refractivity (Wildman–Crippen MR) is 147 cm³/mol. The molecule has 5 heterocycles. The van der Waals surface area contributed by atoms with E-state index < -0.39 is 5.82 Å². The Morgan fingerprint density at radius 1 is 1.03 bits per heavy atom. The van der Waals surface area contributed by atoms with E-state index in [1.54, 1.807) is 34.5 Å². The molecule has 3 aromatic heterocycles. The van der Waals surface area contributed by atoms with Crippen molar-refractivity contribution in [3.05, 3.63) is 53.9 Å². The molecule has 0 saturated carbocycles. The van der Waals surface area contributed by atoms with Crippen molar-refractivity contribution in [2.45, 2.75) is 33.6 Å². The molecule has 0 radical (unpaired) electrons. The number of halogens is 1. The molecule has 0 atom stereocenters. The Labute approximate surface area is 217 Å². The van der Waals surface area contributed by atoms with Gasteiger partial charge in [0.15, 0.2) is 11.5 Å². The van der Waals surface area contributed by atoms with Gasteiger partial charge in [-0.05, 0) is 31.9 Å². The van der Waals surface area contributed by atoms with Crippen LogP contribution < -0.4 is 20.9 Å². The van der Waals surface area contributed by atoms with Crippen LogP contribution in [0.15, 0.2) is 36.8 Å². The molecular weight excluding hydrogens is 471 g/mol. The zero-order valence-electron chi connectivity index (χ0n) is 22.1. The van der Waals surface area contributed by atoms with Gasteiger partial charge >= 0.3 is 0 Å². The maximum atomic E-state index is 14.3. The van der Waals surface area contributed by atoms with E-state index in [0.29, 0.717) is 22.5 Å².